The van der Waals surface area contributed by atoms with Gasteiger partial charge in [0, 0.05) is 25.2 Å². The van der Waals surface area contributed by atoms with Gasteiger partial charge in [0.25, 0.3) is 5.69 Å². The molecule has 22 heavy (non-hydrogen) atoms. The zero-order valence-corrected chi connectivity index (χ0v) is 12.4. The maximum Gasteiger partial charge on any atom is 0.269 e. The Hall–Kier alpha value is -1.77. The minimum atomic E-state index is -3.45. The first-order valence-electron chi connectivity index (χ1n) is 7.00. The van der Waals surface area contributed by atoms with E-state index >= 15 is 0 Å². The number of non-ortho nitro benzene ring substituents is 1. The highest BCUT2D eigenvalue weighted by Gasteiger charge is 2.63. The highest BCUT2D eigenvalue weighted by atomic mass is 32.2. The van der Waals surface area contributed by atoms with Gasteiger partial charge in [-0.25, -0.2) is 8.42 Å². The fraction of sp³-hybridized carbons (Fsp3) is 0.429. The Morgan fingerprint density at radius 1 is 1.45 bits per heavy atom. The van der Waals surface area contributed by atoms with E-state index in [1.54, 1.807) is 12.1 Å². The highest BCUT2D eigenvalue weighted by Crippen LogP contribution is 2.48. The first kappa shape index (κ1) is 13.9. The van der Waals surface area contributed by atoms with Crippen molar-refractivity contribution in [2.45, 2.75) is 29.9 Å². The van der Waals surface area contributed by atoms with Crippen molar-refractivity contribution in [3.8, 4) is 0 Å². The third kappa shape index (κ3) is 1.84. The second kappa shape index (κ2) is 4.37. The van der Waals surface area contributed by atoms with Gasteiger partial charge in [-0.05, 0) is 12.0 Å². The van der Waals surface area contributed by atoms with E-state index in [2.05, 4.69) is 0 Å². The second-order valence-corrected chi connectivity index (χ2v) is 8.05. The van der Waals surface area contributed by atoms with Crippen LogP contribution in [0.3, 0.4) is 0 Å². The standard InChI is InChI=1S/C14H14N2O5S/c17-16(18)11-3-1-2-10(6-11)8-15-9-14-5-4-12(21-14)7-13(14)22(15,19)20/h1-6,12-13H,7-9H2/t12-,13+,14+/m1/s1. The monoisotopic (exact) mass is 322 g/mol. The highest BCUT2D eigenvalue weighted by molar-refractivity contribution is 7.90. The lowest BCUT2D eigenvalue weighted by Crippen LogP contribution is -2.36. The number of sulfonamides is 1. The summed E-state index contributed by atoms with van der Waals surface area (Å²) in [5.41, 5.74) is -0.165. The maximum absolute atomic E-state index is 12.7. The molecule has 1 aromatic carbocycles. The smallest absolute Gasteiger partial charge is 0.269 e. The lowest BCUT2D eigenvalue weighted by Gasteiger charge is -2.19. The number of ether oxygens (including phenoxy) is 1. The van der Waals surface area contributed by atoms with Crippen molar-refractivity contribution >= 4 is 15.7 Å². The summed E-state index contributed by atoms with van der Waals surface area (Å²) in [6.07, 6.45) is 4.17. The molecule has 0 saturated carbocycles. The predicted molar refractivity (Wildman–Crippen MR) is 77.6 cm³/mol. The first-order chi connectivity index (χ1) is 10.4. The Kier molecular flexibility index (Phi) is 2.76. The van der Waals surface area contributed by atoms with Crippen LogP contribution in [-0.4, -0.2) is 41.1 Å². The van der Waals surface area contributed by atoms with Crippen molar-refractivity contribution in [2.75, 3.05) is 6.54 Å². The van der Waals surface area contributed by atoms with Crippen LogP contribution in [0.15, 0.2) is 36.4 Å². The zero-order chi connectivity index (χ0) is 15.5. The Morgan fingerprint density at radius 2 is 2.27 bits per heavy atom. The molecule has 0 amide bonds. The molecule has 4 rings (SSSR count). The molecule has 0 aromatic heterocycles. The largest absolute Gasteiger partial charge is 0.361 e. The van der Waals surface area contributed by atoms with Gasteiger partial charge in [-0.15, -0.1) is 0 Å². The Balaban J connectivity index is 1.63. The van der Waals surface area contributed by atoms with Crippen LogP contribution >= 0.6 is 0 Å². The van der Waals surface area contributed by atoms with Gasteiger partial charge in [-0.1, -0.05) is 24.3 Å². The normalized spacial score (nSPS) is 34.9. The molecular formula is C14H14N2O5S. The second-order valence-electron chi connectivity index (χ2n) is 5.93. The predicted octanol–water partition coefficient (Wildman–Crippen LogP) is 1.21. The minimum absolute atomic E-state index is 0.0375. The molecule has 2 saturated heterocycles. The number of benzene rings is 1. The van der Waals surface area contributed by atoms with Crippen LogP contribution in [0, 0.1) is 10.1 Å². The first-order valence-corrected chi connectivity index (χ1v) is 8.50. The number of nitro benzene ring substituents is 1. The SMILES string of the molecule is O=[N+]([O-])c1cccc(CN2C[C@@]34C=C[C@H](C[C@@H]3S2(=O)=O)O4)c1. The molecule has 3 aliphatic heterocycles. The minimum Gasteiger partial charge on any atom is -0.361 e. The van der Waals surface area contributed by atoms with Crippen LogP contribution in [0.25, 0.3) is 0 Å². The van der Waals surface area contributed by atoms with Crippen LogP contribution in [0.4, 0.5) is 5.69 Å². The van der Waals surface area contributed by atoms with E-state index in [0.29, 0.717) is 12.0 Å². The van der Waals surface area contributed by atoms with Gasteiger partial charge >= 0.3 is 0 Å². The molecule has 8 heteroatoms. The van der Waals surface area contributed by atoms with E-state index in [4.69, 9.17) is 4.74 Å². The Morgan fingerprint density at radius 3 is 2.95 bits per heavy atom. The number of nitro groups is 1. The Bertz CT molecular complexity index is 790. The topological polar surface area (TPSA) is 89.8 Å². The maximum atomic E-state index is 12.7. The number of hydrogen-bond acceptors (Lipinski definition) is 5. The van der Waals surface area contributed by atoms with Crippen LogP contribution in [0.5, 0.6) is 0 Å². The quantitative estimate of drug-likeness (QED) is 0.474. The molecule has 2 bridgehead atoms. The molecule has 1 aromatic rings. The summed E-state index contributed by atoms with van der Waals surface area (Å²) < 4.78 is 32.5. The molecule has 0 radical (unpaired) electrons. The van der Waals surface area contributed by atoms with Crippen molar-refractivity contribution in [3.05, 3.63) is 52.1 Å². The van der Waals surface area contributed by atoms with E-state index < -0.39 is 25.8 Å². The summed E-state index contributed by atoms with van der Waals surface area (Å²) in [6.45, 7) is 0.403. The third-order valence-corrected chi connectivity index (χ3v) is 6.87. The van der Waals surface area contributed by atoms with Crippen LogP contribution in [0.1, 0.15) is 12.0 Å². The molecule has 2 fully saturated rings. The molecule has 3 aliphatic rings. The fourth-order valence-corrected chi connectivity index (χ4v) is 5.80. The fourth-order valence-electron chi connectivity index (χ4n) is 3.58. The van der Waals surface area contributed by atoms with E-state index in [1.165, 1.54) is 16.4 Å². The van der Waals surface area contributed by atoms with Gasteiger partial charge in [-0.3, -0.25) is 10.1 Å². The molecule has 3 heterocycles. The molecule has 116 valence electrons. The summed E-state index contributed by atoms with van der Waals surface area (Å²) in [4.78, 5) is 10.3. The Labute approximate surface area is 127 Å². The molecule has 7 nitrogen and oxygen atoms in total. The lowest BCUT2D eigenvalue weighted by molar-refractivity contribution is -0.384. The van der Waals surface area contributed by atoms with Crippen molar-refractivity contribution in [1.29, 1.82) is 0 Å². The molecule has 0 N–H and O–H groups in total. The number of fused-ring (bicyclic) bond motifs is 1. The molecular weight excluding hydrogens is 308 g/mol. The molecule has 0 aliphatic carbocycles. The van der Waals surface area contributed by atoms with Gasteiger partial charge in [0.05, 0.1) is 11.0 Å². The van der Waals surface area contributed by atoms with E-state index in [1.807, 2.05) is 12.2 Å². The average molecular weight is 322 g/mol. The molecule has 0 unspecified atom stereocenters. The summed E-state index contributed by atoms with van der Waals surface area (Å²) in [5, 5.41) is 10.3. The van der Waals surface area contributed by atoms with Crippen molar-refractivity contribution in [1.82, 2.24) is 4.31 Å². The summed E-state index contributed by atoms with van der Waals surface area (Å²) in [5.74, 6) is 0. The van der Waals surface area contributed by atoms with Crippen molar-refractivity contribution in [2.24, 2.45) is 0 Å². The van der Waals surface area contributed by atoms with Gasteiger partial charge in [0.2, 0.25) is 10.0 Å². The lowest BCUT2D eigenvalue weighted by atomic mass is 9.94. The van der Waals surface area contributed by atoms with Gasteiger partial charge in [0.15, 0.2) is 0 Å². The van der Waals surface area contributed by atoms with Gasteiger partial charge < -0.3 is 4.74 Å². The third-order valence-electron chi connectivity index (χ3n) is 4.58. The van der Waals surface area contributed by atoms with E-state index in [-0.39, 0.29) is 24.9 Å². The summed E-state index contributed by atoms with van der Waals surface area (Å²) in [6, 6.07) is 6.07. The number of rotatable bonds is 3. The average Bonchev–Trinajstić information content (AvgIpc) is 3.09. The van der Waals surface area contributed by atoms with Crippen LogP contribution in [0.2, 0.25) is 0 Å². The van der Waals surface area contributed by atoms with Gasteiger partial charge in [0.1, 0.15) is 10.9 Å². The molecule has 1 spiro atoms. The van der Waals surface area contributed by atoms with Crippen molar-refractivity contribution < 1.29 is 18.1 Å². The van der Waals surface area contributed by atoms with Crippen LogP contribution in [-0.2, 0) is 21.3 Å². The molecule has 3 atom stereocenters. The van der Waals surface area contributed by atoms with E-state index in [9.17, 15) is 18.5 Å². The van der Waals surface area contributed by atoms with Crippen molar-refractivity contribution in [3.63, 3.8) is 0 Å². The van der Waals surface area contributed by atoms with E-state index in [0.717, 1.165) is 0 Å². The van der Waals surface area contributed by atoms with Gasteiger partial charge in [-0.2, -0.15) is 4.31 Å². The summed E-state index contributed by atoms with van der Waals surface area (Å²) >= 11 is 0. The van der Waals surface area contributed by atoms with Crippen LogP contribution < -0.4 is 0 Å². The number of hydrogen-bond donors (Lipinski definition) is 0. The zero-order valence-electron chi connectivity index (χ0n) is 11.6. The summed E-state index contributed by atoms with van der Waals surface area (Å²) in [7, 11) is -3.45. The number of nitrogens with zero attached hydrogens (tertiary/aromatic N) is 2.